The van der Waals surface area contributed by atoms with Gasteiger partial charge in [0.2, 0.25) is 0 Å². The van der Waals surface area contributed by atoms with Crippen molar-refractivity contribution in [1.82, 2.24) is 5.32 Å². The molecule has 0 aliphatic rings. The number of aliphatic hydroxyl groups excluding tert-OH is 1. The van der Waals surface area contributed by atoms with Crippen LogP contribution in [-0.4, -0.2) is 5.11 Å². The van der Waals surface area contributed by atoms with Gasteiger partial charge >= 0.3 is 0 Å². The second kappa shape index (κ2) is 6.71. The van der Waals surface area contributed by atoms with Crippen LogP contribution in [0.25, 0.3) is 0 Å². The fraction of sp³-hybridized carbons (Fsp3) is 0.250. The Morgan fingerprint density at radius 3 is 2.37 bits per heavy atom. The number of nitrogens with one attached hydrogen (secondary N) is 1. The van der Waals surface area contributed by atoms with Crippen molar-refractivity contribution < 1.29 is 5.11 Å². The molecular weight excluding hydrogens is 258 g/mol. The Hall–Kier alpha value is -1.35. The van der Waals surface area contributed by atoms with Gasteiger partial charge in [-0.15, -0.1) is 0 Å². The third-order valence-electron chi connectivity index (χ3n) is 3.26. The van der Waals surface area contributed by atoms with E-state index in [0.29, 0.717) is 6.54 Å². The first-order valence-electron chi connectivity index (χ1n) is 6.38. The highest BCUT2D eigenvalue weighted by Gasteiger charge is 2.09. The zero-order valence-corrected chi connectivity index (χ0v) is 11.7. The molecule has 0 saturated carbocycles. The van der Waals surface area contributed by atoms with Gasteiger partial charge in [0.25, 0.3) is 0 Å². The predicted molar refractivity (Wildman–Crippen MR) is 79.1 cm³/mol. The van der Waals surface area contributed by atoms with Crippen LogP contribution in [-0.2, 0) is 13.2 Å². The van der Waals surface area contributed by atoms with Crippen molar-refractivity contribution in [2.24, 2.45) is 0 Å². The summed E-state index contributed by atoms with van der Waals surface area (Å²) in [7, 11) is 0. The number of hydrogen-bond donors (Lipinski definition) is 2. The van der Waals surface area contributed by atoms with E-state index >= 15 is 0 Å². The maximum atomic E-state index is 9.30. The Morgan fingerprint density at radius 2 is 1.68 bits per heavy atom. The molecule has 3 heteroatoms. The average Bonchev–Trinajstić information content (AvgIpc) is 2.45. The summed E-state index contributed by atoms with van der Waals surface area (Å²) in [6.45, 7) is 2.87. The number of hydrogen-bond acceptors (Lipinski definition) is 2. The van der Waals surface area contributed by atoms with Crippen LogP contribution in [0.2, 0.25) is 5.02 Å². The molecule has 19 heavy (non-hydrogen) atoms. The van der Waals surface area contributed by atoms with Gasteiger partial charge in [-0.3, -0.25) is 0 Å². The van der Waals surface area contributed by atoms with Crippen molar-refractivity contribution >= 4 is 11.6 Å². The van der Waals surface area contributed by atoms with Crippen LogP contribution in [0.3, 0.4) is 0 Å². The molecular formula is C16H18ClNO. The van der Waals surface area contributed by atoms with Crippen molar-refractivity contribution in [2.45, 2.75) is 26.1 Å². The quantitative estimate of drug-likeness (QED) is 0.872. The summed E-state index contributed by atoms with van der Waals surface area (Å²) in [4.78, 5) is 0. The first-order valence-corrected chi connectivity index (χ1v) is 6.75. The summed E-state index contributed by atoms with van der Waals surface area (Å²) in [5.41, 5.74) is 3.16. The molecule has 0 saturated heterocycles. The fourth-order valence-electron chi connectivity index (χ4n) is 2.08. The molecule has 0 radical (unpaired) electrons. The second-order valence-electron chi connectivity index (χ2n) is 4.55. The Labute approximate surface area is 119 Å². The zero-order chi connectivity index (χ0) is 13.7. The number of halogens is 1. The lowest BCUT2D eigenvalue weighted by Gasteiger charge is -2.16. The van der Waals surface area contributed by atoms with Crippen LogP contribution in [0.4, 0.5) is 0 Å². The zero-order valence-electron chi connectivity index (χ0n) is 10.9. The molecule has 1 unspecified atom stereocenters. The number of aliphatic hydroxyl groups is 1. The van der Waals surface area contributed by atoms with Gasteiger partial charge in [-0.25, -0.2) is 0 Å². The summed E-state index contributed by atoms with van der Waals surface area (Å²) < 4.78 is 0. The lowest BCUT2D eigenvalue weighted by Crippen LogP contribution is -2.19. The highest BCUT2D eigenvalue weighted by Crippen LogP contribution is 2.22. The minimum absolute atomic E-state index is 0.0678. The summed E-state index contributed by atoms with van der Waals surface area (Å²) >= 11 is 6.18. The predicted octanol–water partition coefficient (Wildman–Crippen LogP) is 3.68. The molecule has 2 nitrogen and oxygen atoms in total. The Bertz CT molecular complexity index is 542. The van der Waals surface area contributed by atoms with Crippen molar-refractivity contribution in [1.29, 1.82) is 0 Å². The third-order valence-corrected chi connectivity index (χ3v) is 3.60. The van der Waals surface area contributed by atoms with Crippen LogP contribution in [0.15, 0.2) is 48.5 Å². The van der Waals surface area contributed by atoms with Crippen molar-refractivity contribution in [2.75, 3.05) is 0 Å². The van der Waals surface area contributed by atoms with Gasteiger partial charge in [0.15, 0.2) is 0 Å². The van der Waals surface area contributed by atoms with Crippen LogP contribution < -0.4 is 5.32 Å². The van der Waals surface area contributed by atoms with Gasteiger partial charge in [0, 0.05) is 17.6 Å². The van der Waals surface area contributed by atoms with Gasteiger partial charge in [-0.2, -0.15) is 0 Å². The Kier molecular flexibility index (Phi) is 4.97. The van der Waals surface area contributed by atoms with Crippen LogP contribution in [0, 0.1) is 0 Å². The molecule has 2 aromatic rings. The number of rotatable bonds is 5. The maximum Gasteiger partial charge on any atom is 0.0685 e. The van der Waals surface area contributed by atoms with Gasteiger partial charge in [-0.1, -0.05) is 54.1 Å². The van der Waals surface area contributed by atoms with E-state index in [0.717, 1.165) is 21.7 Å². The van der Waals surface area contributed by atoms with E-state index in [9.17, 15) is 5.11 Å². The average molecular weight is 276 g/mol. The molecule has 0 fully saturated rings. The minimum atomic E-state index is 0.0678. The summed E-state index contributed by atoms with van der Waals surface area (Å²) in [5, 5.41) is 13.5. The molecule has 1 atom stereocenters. The minimum Gasteiger partial charge on any atom is -0.392 e. The molecule has 0 amide bonds. The fourth-order valence-corrected chi connectivity index (χ4v) is 2.38. The normalized spacial score (nSPS) is 12.4. The van der Waals surface area contributed by atoms with Gasteiger partial charge < -0.3 is 10.4 Å². The first-order chi connectivity index (χ1) is 9.22. The smallest absolute Gasteiger partial charge is 0.0685 e. The van der Waals surface area contributed by atoms with Crippen molar-refractivity contribution in [3.05, 3.63) is 70.2 Å². The van der Waals surface area contributed by atoms with Crippen molar-refractivity contribution in [3.63, 3.8) is 0 Å². The lowest BCUT2D eigenvalue weighted by molar-refractivity contribution is 0.280. The summed E-state index contributed by atoms with van der Waals surface area (Å²) in [5.74, 6) is 0. The molecule has 100 valence electrons. The highest BCUT2D eigenvalue weighted by atomic mass is 35.5. The lowest BCUT2D eigenvalue weighted by atomic mass is 10.1. The molecule has 2 aromatic carbocycles. The standard InChI is InChI=1S/C16H18ClNO/c1-12(15-8-4-5-9-16(15)17)18-10-13-6-2-3-7-14(13)11-19/h2-9,12,18-19H,10-11H2,1H3. The largest absolute Gasteiger partial charge is 0.392 e. The topological polar surface area (TPSA) is 32.3 Å². The van der Waals surface area contributed by atoms with Gasteiger partial charge in [-0.05, 0) is 29.7 Å². The third kappa shape index (κ3) is 3.57. The Morgan fingerprint density at radius 1 is 1.05 bits per heavy atom. The van der Waals surface area contributed by atoms with E-state index in [1.54, 1.807) is 0 Å². The molecule has 2 N–H and O–H groups in total. The van der Waals surface area contributed by atoms with E-state index in [1.807, 2.05) is 48.5 Å². The number of benzene rings is 2. The molecule has 0 aliphatic heterocycles. The molecule has 0 spiro atoms. The van der Waals surface area contributed by atoms with Crippen LogP contribution in [0.5, 0.6) is 0 Å². The van der Waals surface area contributed by atoms with E-state index in [4.69, 9.17) is 11.6 Å². The van der Waals surface area contributed by atoms with E-state index in [-0.39, 0.29) is 12.6 Å². The Balaban J connectivity index is 2.04. The van der Waals surface area contributed by atoms with Crippen LogP contribution in [0.1, 0.15) is 29.7 Å². The van der Waals surface area contributed by atoms with Gasteiger partial charge in [0.05, 0.1) is 6.61 Å². The SMILES string of the molecule is CC(NCc1ccccc1CO)c1ccccc1Cl. The molecule has 2 rings (SSSR count). The monoisotopic (exact) mass is 275 g/mol. The van der Waals surface area contributed by atoms with Crippen molar-refractivity contribution in [3.8, 4) is 0 Å². The molecule has 0 aliphatic carbocycles. The van der Waals surface area contributed by atoms with Crippen LogP contribution >= 0.6 is 11.6 Å². The maximum absolute atomic E-state index is 9.30. The second-order valence-corrected chi connectivity index (χ2v) is 4.96. The van der Waals surface area contributed by atoms with E-state index in [2.05, 4.69) is 12.2 Å². The summed E-state index contributed by atoms with van der Waals surface area (Å²) in [6, 6.07) is 15.9. The molecule has 0 aromatic heterocycles. The van der Waals surface area contributed by atoms with Gasteiger partial charge in [0.1, 0.15) is 0 Å². The molecule has 0 bridgehead atoms. The summed E-state index contributed by atoms with van der Waals surface area (Å²) in [6.07, 6.45) is 0. The first kappa shape index (κ1) is 14.1. The highest BCUT2D eigenvalue weighted by molar-refractivity contribution is 6.31. The molecule has 0 heterocycles. The van der Waals surface area contributed by atoms with E-state index < -0.39 is 0 Å². The van der Waals surface area contributed by atoms with E-state index in [1.165, 1.54) is 0 Å².